The van der Waals surface area contributed by atoms with Gasteiger partial charge in [0.05, 0.1) is 11.2 Å². The van der Waals surface area contributed by atoms with E-state index in [0.717, 1.165) is 12.8 Å². The van der Waals surface area contributed by atoms with Gasteiger partial charge >= 0.3 is 10.0 Å². The highest BCUT2D eigenvalue weighted by Gasteiger charge is 2.20. The minimum Gasteiger partial charge on any atom is -0.393 e. The summed E-state index contributed by atoms with van der Waals surface area (Å²) in [6.45, 7) is 15.7. The summed E-state index contributed by atoms with van der Waals surface area (Å²) in [5, 5.41) is 0. The molecular formula is C12H24O2Si. The highest BCUT2D eigenvalue weighted by Crippen LogP contribution is 2.17. The van der Waals surface area contributed by atoms with Crippen LogP contribution >= 0.6 is 0 Å². The minimum absolute atomic E-state index is 0.141. The third-order valence-corrected chi connectivity index (χ3v) is 3.97. The molecule has 88 valence electrons. The molecule has 2 nitrogen and oxygen atoms in total. The lowest BCUT2D eigenvalue weighted by atomic mass is 10.1. The van der Waals surface area contributed by atoms with Crippen molar-refractivity contribution in [3.05, 3.63) is 25.3 Å². The fraction of sp³-hybridized carbons (Fsp3) is 0.667. The molecule has 0 unspecified atom stereocenters. The van der Waals surface area contributed by atoms with Crippen molar-refractivity contribution in [2.45, 2.75) is 51.7 Å². The van der Waals surface area contributed by atoms with Crippen molar-refractivity contribution in [2.75, 3.05) is 0 Å². The van der Waals surface area contributed by atoms with E-state index in [1.807, 2.05) is 12.2 Å². The Hall–Kier alpha value is -0.383. The van der Waals surface area contributed by atoms with Gasteiger partial charge in [-0.15, -0.1) is 13.2 Å². The topological polar surface area (TPSA) is 18.5 Å². The largest absolute Gasteiger partial charge is 0.393 e. The van der Waals surface area contributed by atoms with Gasteiger partial charge in [-0.25, -0.2) is 0 Å². The molecular weight excluding hydrogens is 204 g/mol. The van der Waals surface area contributed by atoms with Crippen LogP contribution in [0.3, 0.4) is 0 Å². The molecule has 3 heteroatoms. The predicted molar refractivity (Wildman–Crippen MR) is 68.5 cm³/mol. The van der Waals surface area contributed by atoms with E-state index in [0.29, 0.717) is 0 Å². The molecule has 0 amide bonds. The molecule has 0 fully saturated rings. The molecule has 0 bridgehead atoms. The van der Waals surface area contributed by atoms with Gasteiger partial charge in [0, 0.05) is 0 Å². The first-order chi connectivity index (χ1) is 6.83. The molecule has 0 spiro atoms. The smallest absolute Gasteiger partial charge is 0.305 e. The van der Waals surface area contributed by atoms with Gasteiger partial charge in [-0.05, 0) is 40.5 Å². The third kappa shape index (κ3) is 7.53. The standard InChI is InChI=1S/C12H24O2Si/c1-7-9-11(3,4)13-15-14-12(5,6)10-8-2/h7-8H,1-2,9-10,15H2,3-6H3. The summed E-state index contributed by atoms with van der Waals surface area (Å²) in [6, 6.07) is 0. The molecule has 0 radical (unpaired) electrons. The van der Waals surface area contributed by atoms with E-state index >= 15 is 0 Å². The van der Waals surface area contributed by atoms with Crippen LogP contribution in [-0.4, -0.2) is 21.2 Å². The van der Waals surface area contributed by atoms with Crippen molar-refractivity contribution in [3.8, 4) is 0 Å². The molecule has 0 aromatic heterocycles. The Balaban J connectivity index is 3.87. The monoisotopic (exact) mass is 228 g/mol. The van der Waals surface area contributed by atoms with Gasteiger partial charge in [-0.3, -0.25) is 0 Å². The summed E-state index contributed by atoms with van der Waals surface area (Å²) in [7, 11) is -0.933. The lowest BCUT2D eigenvalue weighted by Gasteiger charge is -2.29. The maximum atomic E-state index is 5.76. The van der Waals surface area contributed by atoms with Gasteiger partial charge < -0.3 is 8.85 Å². The van der Waals surface area contributed by atoms with E-state index in [2.05, 4.69) is 40.9 Å². The summed E-state index contributed by atoms with van der Waals surface area (Å²) in [4.78, 5) is 0. The maximum Gasteiger partial charge on any atom is 0.305 e. The second-order valence-electron chi connectivity index (χ2n) is 4.91. The Morgan fingerprint density at radius 2 is 1.27 bits per heavy atom. The Morgan fingerprint density at radius 3 is 1.53 bits per heavy atom. The van der Waals surface area contributed by atoms with Crippen LogP contribution in [0.25, 0.3) is 0 Å². The third-order valence-electron chi connectivity index (χ3n) is 2.17. The highest BCUT2D eigenvalue weighted by molar-refractivity contribution is 6.18. The predicted octanol–water partition coefficient (Wildman–Crippen LogP) is 2.73. The second-order valence-corrected chi connectivity index (χ2v) is 5.72. The SMILES string of the molecule is C=CCC(C)(C)O[SiH2]OC(C)(C)CC=C. The van der Waals surface area contributed by atoms with Gasteiger partial charge in [-0.2, -0.15) is 0 Å². The molecule has 0 aliphatic heterocycles. The van der Waals surface area contributed by atoms with Gasteiger partial charge in [0.15, 0.2) is 0 Å². The molecule has 0 N–H and O–H groups in total. The van der Waals surface area contributed by atoms with Gasteiger partial charge in [0.1, 0.15) is 0 Å². The first kappa shape index (κ1) is 14.6. The zero-order valence-electron chi connectivity index (χ0n) is 10.5. The van der Waals surface area contributed by atoms with Crippen LogP contribution in [0.4, 0.5) is 0 Å². The zero-order valence-corrected chi connectivity index (χ0v) is 11.9. The van der Waals surface area contributed by atoms with E-state index in [1.165, 1.54) is 0 Å². The average molecular weight is 228 g/mol. The van der Waals surface area contributed by atoms with Crippen molar-refractivity contribution < 1.29 is 8.85 Å². The van der Waals surface area contributed by atoms with Crippen molar-refractivity contribution in [1.82, 2.24) is 0 Å². The van der Waals surface area contributed by atoms with Gasteiger partial charge in [0.2, 0.25) is 0 Å². The summed E-state index contributed by atoms with van der Waals surface area (Å²) >= 11 is 0. The fourth-order valence-electron chi connectivity index (χ4n) is 1.16. The van der Waals surface area contributed by atoms with E-state index in [1.54, 1.807) is 0 Å². The maximum absolute atomic E-state index is 5.76. The Bertz CT molecular complexity index is 188. The zero-order chi connectivity index (χ0) is 11.9. The van der Waals surface area contributed by atoms with Crippen LogP contribution in [0, 0.1) is 0 Å². The summed E-state index contributed by atoms with van der Waals surface area (Å²) < 4.78 is 11.5. The normalized spacial score (nSPS) is 12.5. The van der Waals surface area contributed by atoms with Crippen molar-refractivity contribution in [1.29, 1.82) is 0 Å². The lowest BCUT2D eigenvalue weighted by Crippen LogP contribution is -2.32. The molecule has 0 saturated carbocycles. The molecule has 0 aromatic rings. The Morgan fingerprint density at radius 1 is 0.933 bits per heavy atom. The lowest BCUT2D eigenvalue weighted by molar-refractivity contribution is 0.0359. The number of hydrogen-bond acceptors (Lipinski definition) is 2. The van der Waals surface area contributed by atoms with Crippen LogP contribution < -0.4 is 0 Å². The van der Waals surface area contributed by atoms with E-state index in [-0.39, 0.29) is 11.2 Å². The molecule has 0 saturated heterocycles. The van der Waals surface area contributed by atoms with Gasteiger partial charge in [-0.1, -0.05) is 12.2 Å². The number of rotatable bonds is 8. The molecule has 0 aliphatic carbocycles. The Labute approximate surface area is 96.4 Å². The van der Waals surface area contributed by atoms with Crippen LogP contribution in [0.2, 0.25) is 0 Å². The van der Waals surface area contributed by atoms with Crippen LogP contribution in [0.1, 0.15) is 40.5 Å². The van der Waals surface area contributed by atoms with Crippen molar-refractivity contribution in [2.24, 2.45) is 0 Å². The summed E-state index contributed by atoms with van der Waals surface area (Å²) in [6.07, 6.45) is 5.46. The first-order valence-corrected chi connectivity index (χ1v) is 6.48. The van der Waals surface area contributed by atoms with Crippen molar-refractivity contribution in [3.63, 3.8) is 0 Å². The van der Waals surface area contributed by atoms with Crippen LogP contribution in [-0.2, 0) is 8.85 Å². The summed E-state index contributed by atoms with van der Waals surface area (Å²) in [5.74, 6) is 0. The highest BCUT2D eigenvalue weighted by atomic mass is 28.3. The average Bonchev–Trinajstić information content (AvgIpc) is 2.02. The van der Waals surface area contributed by atoms with E-state index in [9.17, 15) is 0 Å². The molecule has 0 heterocycles. The quantitative estimate of drug-likeness (QED) is 0.470. The number of hydrogen-bond donors (Lipinski definition) is 0. The van der Waals surface area contributed by atoms with Gasteiger partial charge in [0.25, 0.3) is 0 Å². The first-order valence-electron chi connectivity index (χ1n) is 5.33. The molecule has 15 heavy (non-hydrogen) atoms. The van der Waals surface area contributed by atoms with E-state index in [4.69, 9.17) is 8.85 Å². The minimum atomic E-state index is -0.933. The second kappa shape index (κ2) is 6.25. The molecule has 0 aliphatic rings. The summed E-state index contributed by atoms with van der Waals surface area (Å²) in [5.41, 5.74) is -0.281. The van der Waals surface area contributed by atoms with Crippen molar-refractivity contribution >= 4 is 10.0 Å². The molecule has 0 rings (SSSR count). The van der Waals surface area contributed by atoms with Crippen LogP contribution in [0.15, 0.2) is 25.3 Å². The van der Waals surface area contributed by atoms with Crippen LogP contribution in [0.5, 0.6) is 0 Å². The molecule has 0 aromatic carbocycles. The fourth-order valence-corrected chi connectivity index (χ4v) is 2.09. The molecule has 0 atom stereocenters. The van der Waals surface area contributed by atoms with E-state index < -0.39 is 10.0 Å². The Kier molecular flexibility index (Phi) is 6.09.